The number of benzene rings is 1. The predicted octanol–water partition coefficient (Wildman–Crippen LogP) is 2.96. The minimum Gasteiger partial charge on any atom is -0.337 e. The van der Waals surface area contributed by atoms with E-state index in [0.29, 0.717) is 17.7 Å². The van der Waals surface area contributed by atoms with Crippen LogP contribution in [0, 0.1) is 0 Å². The van der Waals surface area contributed by atoms with Crippen molar-refractivity contribution in [2.75, 3.05) is 0 Å². The molecule has 2 aromatic rings. The summed E-state index contributed by atoms with van der Waals surface area (Å²) >= 11 is 6.18. The second-order valence-electron chi connectivity index (χ2n) is 6.12. The third-order valence-corrected chi connectivity index (χ3v) is 4.58. The number of urea groups is 1. The number of hydrogen-bond acceptors (Lipinski definition) is 4. The Morgan fingerprint density at radius 3 is 2.96 bits per heavy atom. The molecular weight excluding hydrogens is 316 g/mol. The lowest BCUT2D eigenvalue weighted by molar-refractivity contribution is 0.238. The minimum absolute atomic E-state index is 0.125. The van der Waals surface area contributed by atoms with Crippen molar-refractivity contribution in [2.24, 2.45) is 0 Å². The van der Waals surface area contributed by atoms with E-state index in [1.54, 1.807) is 0 Å². The Morgan fingerprint density at radius 1 is 1.35 bits per heavy atom. The monoisotopic (exact) mass is 332 g/mol. The first-order chi connectivity index (χ1) is 11.2. The van der Waals surface area contributed by atoms with Crippen LogP contribution in [0.15, 0.2) is 28.8 Å². The number of nitrogens with one attached hydrogen (secondary N) is 2. The zero-order chi connectivity index (χ0) is 15.8. The summed E-state index contributed by atoms with van der Waals surface area (Å²) in [7, 11) is 0. The zero-order valence-corrected chi connectivity index (χ0v) is 13.2. The molecule has 0 radical (unpaired) electrons. The fraction of sp³-hybridized carbons (Fsp3) is 0.438. The van der Waals surface area contributed by atoms with Crippen molar-refractivity contribution in [3.8, 4) is 0 Å². The zero-order valence-electron chi connectivity index (χ0n) is 12.5. The maximum absolute atomic E-state index is 11.9. The molecule has 120 valence electrons. The Bertz CT molecular complexity index is 728. The van der Waals surface area contributed by atoms with Crippen molar-refractivity contribution in [2.45, 2.75) is 43.7 Å². The molecule has 2 aliphatic carbocycles. The number of aromatic nitrogens is 2. The van der Waals surface area contributed by atoms with Crippen LogP contribution in [0.25, 0.3) is 0 Å². The molecule has 1 heterocycles. The summed E-state index contributed by atoms with van der Waals surface area (Å²) in [6.07, 6.45) is 3.15. The molecule has 7 heteroatoms. The molecule has 4 rings (SSSR count). The van der Waals surface area contributed by atoms with Crippen LogP contribution in [0.5, 0.6) is 0 Å². The van der Waals surface area contributed by atoms with Crippen LogP contribution in [0.3, 0.4) is 0 Å². The average molecular weight is 333 g/mol. The molecule has 23 heavy (non-hydrogen) atoms. The summed E-state index contributed by atoms with van der Waals surface area (Å²) in [6, 6.07) is 7.65. The smallest absolute Gasteiger partial charge is 0.315 e. The standard InChI is InChI=1S/C16H17ClN4O2/c17-12-4-2-1-3-10(12)11-7-13(11)19-16(22)18-8-14-20-15(21-23-14)9-5-6-9/h1-4,9,11,13H,5-8H2,(H2,18,19,22)/t11-,13+/m0/s1. The van der Waals surface area contributed by atoms with Gasteiger partial charge in [0.25, 0.3) is 0 Å². The minimum atomic E-state index is -0.226. The summed E-state index contributed by atoms with van der Waals surface area (Å²) in [5.74, 6) is 1.94. The van der Waals surface area contributed by atoms with E-state index < -0.39 is 0 Å². The molecule has 2 atom stereocenters. The second-order valence-corrected chi connectivity index (χ2v) is 6.53. The first-order valence-electron chi connectivity index (χ1n) is 7.82. The van der Waals surface area contributed by atoms with E-state index in [2.05, 4.69) is 20.8 Å². The first-order valence-corrected chi connectivity index (χ1v) is 8.20. The van der Waals surface area contributed by atoms with Crippen molar-refractivity contribution >= 4 is 17.6 Å². The summed E-state index contributed by atoms with van der Waals surface area (Å²) in [6.45, 7) is 0.245. The highest BCUT2D eigenvalue weighted by atomic mass is 35.5. The fourth-order valence-corrected chi connectivity index (χ4v) is 2.97. The van der Waals surface area contributed by atoms with E-state index >= 15 is 0 Å². The van der Waals surface area contributed by atoms with Gasteiger partial charge >= 0.3 is 6.03 Å². The van der Waals surface area contributed by atoms with Crippen LogP contribution in [0.1, 0.15) is 48.4 Å². The Kier molecular flexibility index (Phi) is 3.69. The van der Waals surface area contributed by atoms with Gasteiger partial charge in [0.2, 0.25) is 5.89 Å². The van der Waals surface area contributed by atoms with E-state index in [9.17, 15) is 4.79 Å². The summed E-state index contributed by atoms with van der Waals surface area (Å²) in [4.78, 5) is 16.2. The molecule has 6 nitrogen and oxygen atoms in total. The molecule has 0 saturated heterocycles. The summed E-state index contributed by atoms with van der Waals surface area (Å²) in [5, 5.41) is 10.4. The van der Waals surface area contributed by atoms with Gasteiger partial charge in [0.1, 0.15) is 0 Å². The average Bonchev–Trinajstić information content (AvgIpc) is 3.46. The Labute approximate surface area is 138 Å². The van der Waals surface area contributed by atoms with Crippen molar-refractivity contribution in [1.82, 2.24) is 20.8 Å². The molecule has 0 aliphatic heterocycles. The van der Waals surface area contributed by atoms with E-state index in [0.717, 1.165) is 35.7 Å². The van der Waals surface area contributed by atoms with Crippen LogP contribution in [-0.4, -0.2) is 22.2 Å². The van der Waals surface area contributed by atoms with Crippen molar-refractivity contribution in [3.05, 3.63) is 46.6 Å². The quantitative estimate of drug-likeness (QED) is 0.882. The number of carbonyl (C=O) groups is 1. The van der Waals surface area contributed by atoms with Gasteiger partial charge in [0, 0.05) is 22.9 Å². The lowest BCUT2D eigenvalue weighted by atomic mass is 10.1. The number of carbonyl (C=O) groups excluding carboxylic acids is 1. The molecule has 0 unspecified atom stereocenters. The Hall–Kier alpha value is -2.08. The highest BCUT2D eigenvalue weighted by Gasteiger charge is 2.40. The maximum atomic E-state index is 11.9. The molecular formula is C16H17ClN4O2. The van der Waals surface area contributed by atoms with Gasteiger partial charge in [-0.05, 0) is 30.9 Å². The number of amides is 2. The molecule has 2 aliphatic rings. The number of halogens is 1. The highest BCUT2D eigenvalue weighted by molar-refractivity contribution is 6.31. The van der Waals surface area contributed by atoms with E-state index in [1.165, 1.54) is 0 Å². The Balaban J connectivity index is 1.25. The van der Waals surface area contributed by atoms with Crippen LogP contribution < -0.4 is 10.6 Å². The predicted molar refractivity (Wildman–Crippen MR) is 84.2 cm³/mol. The number of rotatable bonds is 5. The fourth-order valence-electron chi connectivity index (χ4n) is 2.70. The lowest BCUT2D eigenvalue weighted by Crippen LogP contribution is -2.37. The topological polar surface area (TPSA) is 80.1 Å². The van der Waals surface area contributed by atoms with Gasteiger partial charge < -0.3 is 15.2 Å². The van der Waals surface area contributed by atoms with E-state index in [4.69, 9.17) is 16.1 Å². The van der Waals surface area contributed by atoms with Gasteiger partial charge in [0.15, 0.2) is 5.82 Å². The van der Waals surface area contributed by atoms with Gasteiger partial charge in [0.05, 0.1) is 6.54 Å². The molecule has 0 spiro atoms. The van der Waals surface area contributed by atoms with Gasteiger partial charge in [-0.1, -0.05) is 35.0 Å². The number of nitrogens with zero attached hydrogens (tertiary/aromatic N) is 2. The molecule has 0 bridgehead atoms. The second kappa shape index (κ2) is 5.85. The normalized spacial score (nSPS) is 22.7. The molecule has 2 amide bonds. The van der Waals surface area contributed by atoms with Crippen LogP contribution >= 0.6 is 11.6 Å². The summed E-state index contributed by atoms with van der Waals surface area (Å²) in [5.41, 5.74) is 1.09. The third-order valence-electron chi connectivity index (χ3n) is 4.24. The molecule has 2 N–H and O–H groups in total. The molecule has 1 aromatic carbocycles. The molecule has 2 fully saturated rings. The van der Waals surface area contributed by atoms with Crippen LogP contribution in [0.4, 0.5) is 4.79 Å². The van der Waals surface area contributed by atoms with Gasteiger partial charge in [-0.2, -0.15) is 4.98 Å². The van der Waals surface area contributed by atoms with Crippen molar-refractivity contribution < 1.29 is 9.32 Å². The van der Waals surface area contributed by atoms with Crippen LogP contribution in [-0.2, 0) is 6.54 Å². The van der Waals surface area contributed by atoms with Crippen molar-refractivity contribution in [1.29, 1.82) is 0 Å². The Morgan fingerprint density at radius 2 is 2.17 bits per heavy atom. The lowest BCUT2D eigenvalue weighted by Gasteiger charge is -2.06. The largest absolute Gasteiger partial charge is 0.337 e. The third kappa shape index (κ3) is 3.32. The highest BCUT2D eigenvalue weighted by Crippen LogP contribution is 2.43. The van der Waals surface area contributed by atoms with Gasteiger partial charge in [-0.15, -0.1) is 0 Å². The SMILES string of the molecule is O=C(NCc1nc(C2CC2)no1)N[C@@H]1C[C@H]1c1ccccc1Cl. The van der Waals surface area contributed by atoms with Crippen LogP contribution in [0.2, 0.25) is 5.02 Å². The number of hydrogen-bond donors (Lipinski definition) is 2. The van der Waals surface area contributed by atoms with Gasteiger partial charge in [-0.25, -0.2) is 4.79 Å². The first kappa shape index (κ1) is 14.5. The summed E-state index contributed by atoms with van der Waals surface area (Å²) < 4.78 is 5.12. The van der Waals surface area contributed by atoms with E-state index in [1.807, 2.05) is 24.3 Å². The van der Waals surface area contributed by atoms with Crippen molar-refractivity contribution in [3.63, 3.8) is 0 Å². The van der Waals surface area contributed by atoms with E-state index in [-0.39, 0.29) is 18.6 Å². The van der Waals surface area contributed by atoms with Gasteiger partial charge in [-0.3, -0.25) is 0 Å². The molecule has 2 saturated carbocycles. The molecule has 1 aromatic heterocycles. The maximum Gasteiger partial charge on any atom is 0.315 e.